The van der Waals surface area contributed by atoms with Crippen LogP contribution in [0.15, 0.2) is 0 Å². The maximum Gasteiger partial charge on any atom is 0.262 e. The molecule has 3 aliphatic rings. The first kappa shape index (κ1) is 13.2. The summed E-state index contributed by atoms with van der Waals surface area (Å²) in [6.07, 6.45) is 3.97. The van der Waals surface area contributed by atoms with Gasteiger partial charge < -0.3 is 10.2 Å². The van der Waals surface area contributed by atoms with Crippen LogP contribution in [0.3, 0.4) is 0 Å². The highest BCUT2D eigenvalue weighted by Gasteiger charge is 2.43. The number of amides is 1. The third kappa shape index (κ3) is 2.89. The lowest BCUT2D eigenvalue weighted by molar-refractivity contribution is -0.124. The molecule has 0 spiro atoms. The fourth-order valence-electron chi connectivity index (χ4n) is 3.56. The van der Waals surface area contributed by atoms with Crippen molar-refractivity contribution in [2.24, 2.45) is 0 Å². The number of hydrogen-bond donors (Lipinski definition) is 2. The Morgan fingerprint density at radius 2 is 2.16 bits per heavy atom. The van der Waals surface area contributed by atoms with Crippen LogP contribution in [0.2, 0.25) is 0 Å². The van der Waals surface area contributed by atoms with Crippen molar-refractivity contribution in [3.05, 3.63) is 0 Å². The van der Waals surface area contributed by atoms with Crippen molar-refractivity contribution in [2.45, 2.75) is 56.2 Å². The minimum Gasteiger partial charge on any atom is -0.352 e. The van der Waals surface area contributed by atoms with E-state index in [1.54, 1.807) is 0 Å². The van der Waals surface area contributed by atoms with Gasteiger partial charge in [-0.3, -0.25) is 10.1 Å². The van der Waals surface area contributed by atoms with E-state index in [-0.39, 0.29) is 24.9 Å². The molecule has 0 bridgehead atoms. The first-order valence-corrected chi connectivity index (χ1v) is 7.19. The van der Waals surface area contributed by atoms with E-state index >= 15 is 0 Å². The van der Waals surface area contributed by atoms with Crippen LogP contribution in [-0.2, 0) is 4.79 Å². The van der Waals surface area contributed by atoms with Gasteiger partial charge in [-0.25, -0.2) is 8.78 Å². The van der Waals surface area contributed by atoms with Crippen molar-refractivity contribution in [2.75, 3.05) is 19.6 Å². The van der Waals surface area contributed by atoms with E-state index in [1.807, 2.05) is 0 Å². The number of halogens is 2. The lowest BCUT2D eigenvalue weighted by Crippen LogP contribution is -2.51. The van der Waals surface area contributed by atoms with Crippen LogP contribution in [-0.4, -0.2) is 54.5 Å². The summed E-state index contributed by atoms with van der Waals surface area (Å²) in [5.74, 6) is -3.00. The summed E-state index contributed by atoms with van der Waals surface area (Å²) in [4.78, 5) is 14.4. The van der Waals surface area contributed by atoms with Crippen molar-refractivity contribution in [1.82, 2.24) is 15.5 Å². The van der Waals surface area contributed by atoms with Gasteiger partial charge in [0.05, 0.1) is 12.6 Å². The number of nitrogens with one attached hydrogen (secondary N) is 2. The highest BCUT2D eigenvalue weighted by molar-refractivity contribution is 5.82. The summed E-state index contributed by atoms with van der Waals surface area (Å²) in [5, 5.41) is 5.56. The number of carbonyl (C=O) groups excluding carboxylic acids is 1. The molecule has 3 saturated heterocycles. The van der Waals surface area contributed by atoms with Crippen molar-refractivity contribution < 1.29 is 13.6 Å². The number of nitrogens with zero attached hydrogens (tertiary/aromatic N) is 1. The molecule has 3 atom stereocenters. The Kier molecular flexibility index (Phi) is 3.47. The molecule has 2 N–H and O–H groups in total. The molecular formula is C13H21F2N3O. The van der Waals surface area contributed by atoms with E-state index in [0.29, 0.717) is 6.04 Å². The van der Waals surface area contributed by atoms with Gasteiger partial charge >= 0.3 is 0 Å². The van der Waals surface area contributed by atoms with Gasteiger partial charge in [0.25, 0.3) is 5.92 Å². The zero-order chi connectivity index (χ0) is 13.5. The summed E-state index contributed by atoms with van der Waals surface area (Å²) in [5.41, 5.74) is 0. The molecule has 1 amide bonds. The fraction of sp³-hybridized carbons (Fsp3) is 0.923. The van der Waals surface area contributed by atoms with E-state index in [0.717, 1.165) is 19.4 Å². The average Bonchev–Trinajstić information content (AvgIpc) is 2.94. The molecule has 0 aromatic rings. The van der Waals surface area contributed by atoms with E-state index in [1.165, 1.54) is 19.4 Å². The zero-order valence-electron chi connectivity index (χ0n) is 11.0. The number of carbonyl (C=O) groups is 1. The van der Waals surface area contributed by atoms with Crippen LogP contribution in [0.5, 0.6) is 0 Å². The van der Waals surface area contributed by atoms with Crippen LogP contribution < -0.4 is 10.6 Å². The average molecular weight is 273 g/mol. The summed E-state index contributed by atoms with van der Waals surface area (Å²) in [6.45, 7) is 1.80. The van der Waals surface area contributed by atoms with Crippen molar-refractivity contribution >= 4 is 5.91 Å². The third-order valence-electron chi connectivity index (χ3n) is 4.59. The Bertz CT molecular complexity index is 364. The Morgan fingerprint density at radius 3 is 2.89 bits per heavy atom. The topological polar surface area (TPSA) is 44.4 Å². The molecule has 3 aliphatic heterocycles. The molecule has 3 rings (SSSR count). The molecule has 19 heavy (non-hydrogen) atoms. The summed E-state index contributed by atoms with van der Waals surface area (Å²) >= 11 is 0. The SMILES string of the molecule is O=C(NC1CCN2CCCC2C1)C1CC(F)(F)CN1. The predicted molar refractivity (Wildman–Crippen MR) is 67.1 cm³/mol. The van der Waals surface area contributed by atoms with Gasteiger partial charge in [-0.2, -0.15) is 0 Å². The van der Waals surface area contributed by atoms with Gasteiger partial charge in [0.15, 0.2) is 0 Å². The second kappa shape index (κ2) is 4.98. The van der Waals surface area contributed by atoms with Crippen molar-refractivity contribution in [3.63, 3.8) is 0 Å². The highest BCUT2D eigenvalue weighted by Crippen LogP contribution is 2.28. The van der Waals surface area contributed by atoms with Crippen molar-refractivity contribution in [1.29, 1.82) is 0 Å². The van der Waals surface area contributed by atoms with E-state index in [4.69, 9.17) is 0 Å². The normalized spacial score (nSPS) is 38.1. The van der Waals surface area contributed by atoms with Gasteiger partial charge in [0.1, 0.15) is 0 Å². The first-order valence-electron chi connectivity index (χ1n) is 7.19. The molecule has 0 radical (unpaired) electrons. The standard InChI is InChI=1S/C13H21F2N3O/c14-13(15)7-11(16-8-13)12(19)17-9-3-5-18-4-1-2-10(18)6-9/h9-11,16H,1-8H2,(H,17,19). The third-order valence-corrected chi connectivity index (χ3v) is 4.59. The van der Waals surface area contributed by atoms with Crippen LogP contribution in [0, 0.1) is 0 Å². The van der Waals surface area contributed by atoms with E-state index in [2.05, 4.69) is 15.5 Å². The molecule has 3 fully saturated rings. The summed E-state index contributed by atoms with van der Waals surface area (Å²) < 4.78 is 26.1. The van der Waals surface area contributed by atoms with Gasteiger partial charge in [-0.05, 0) is 32.2 Å². The summed E-state index contributed by atoms with van der Waals surface area (Å²) in [6, 6.07) is 0.0107. The van der Waals surface area contributed by atoms with Crippen molar-refractivity contribution in [3.8, 4) is 0 Å². The molecular weight excluding hydrogens is 252 g/mol. The fourth-order valence-corrected chi connectivity index (χ4v) is 3.56. The highest BCUT2D eigenvalue weighted by atomic mass is 19.3. The van der Waals surface area contributed by atoms with Crippen LogP contribution in [0.1, 0.15) is 32.1 Å². The first-order chi connectivity index (χ1) is 9.03. The van der Waals surface area contributed by atoms with Crippen LogP contribution >= 0.6 is 0 Å². The number of rotatable bonds is 2. The Morgan fingerprint density at radius 1 is 1.32 bits per heavy atom. The molecule has 0 saturated carbocycles. The number of fused-ring (bicyclic) bond motifs is 1. The molecule has 6 heteroatoms. The van der Waals surface area contributed by atoms with Gasteiger partial charge in [0, 0.05) is 25.0 Å². The Hall–Kier alpha value is -0.750. The lowest BCUT2D eigenvalue weighted by Gasteiger charge is -2.35. The molecule has 108 valence electrons. The molecule has 4 nitrogen and oxygen atoms in total. The molecule has 3 heterocycles. The maximum absolute atomic E-state index is 13.1. The minimum atomic E-state index is -2.74. The van der Waals surface area contributed by atoms with Crippen LogP contribution in [0.4, 0.5) is 8.78 Å². The minimum absolute atomic E-state index is 0.155. The summed E-state index contributed by atoms with van der Waals surface area (Å²) in [7, 11) is 0. The monoisotopic (exact) mass is 273 g/mol. The van der Waals surface area contributed by atoms with Gasteiger partial charge in [-0.15, -0.1) is 0 Å². The Balaban J connectivity index is 1.50. The van der Waals surface area contributed by atoms with E-state index in [9.17, 15) is 13.6 Å². The predicted octanol–water partition coefficient (Wildman–Crippen LogP) is 0.727. The number of hydrogen-bond acceptors (Lipinski definition) is 3. The van der Waals surface area contributed by atoms with E-state index < -0.39 is 12.0 Å². The molecule has 0 aromatic carbocycles. The second-order valence-corrected chi connectivity index (χ2v) is 6.06. The second-order valence-electron chi connectivity index (χ2n) is 6.06. The maximum atomic E-state index is 13.1. The number of alkyl halides is 2. The Labute approximate surface area is 111 Å². The van der Waals surface area contributed by atoms with Crippen LogP contribution in [0.25, 0.3) is 0 Å². The molecule has 3 unspecified atom stereocenters. The smallest absolute Gasteiger partial charge is 0.262 e. The van der Waals surface area contributed by atoms with Gasteiger partial charge in [0.2, 0.25) is 5.91 Å². The largest absolute Gasteiger partial charge is 0.352 e. The quantitative estimate of drug-likeness (QED) is 0.779. The zero-order valence-corrected chi connectivity index (χ0v) is 11.0. The lowest BCUT2D eigenvalue weighted by atomic mass is 9.97. The number of piperidine rings is 1. The molecule has 0 aromatic heterocycles. The molecule has 0 aliphatic carbocycles. The van der Waals surface area contributed by atoms with Gasteiger partial charge in [-0.1, -0.05) is 0 Å².